The second kappa shape index (κ2) is 8.59. The van der Waals surface area contributed by atoms with Crippen molar-refractivity contribution < 1.29 is 4.79 Å². The van der Waals surface area contributed by atoms with Crippen molar-refractivity contribution in [2.24, 2.45) is 0 Å². The predicted molar refractivity (Wildman–Crippen MR) is 126 cm³/mol. The molecule has 0 fully saturated rings. The largest absolute Gasteiger partial charge is 0.289 e. The summed E-state index contributed by atoms with van der Waals surface area (Å²) in [6, 6.07) is 24.7. The fourth-order valence-corrected chi connectivity index (χ4v) is 4.76. The van der Waals surface area contributed by atoms with E-state index in [0.717, 1.165) is 56.5 Å². The van der Waals surface area contributed by atoms with Crippen molar-refractivity contribution in [1.29, 1.82) is 0 Å². The SMILES string of the molecule is O=C(c1ccc2ccccc2c1CCBr)c1ccc2ccccc2c1CCBr. The number of alkyl halides is 2. The van der Waals surface area contributed by atoms with Crippen molar-refractivity contribution in [2.45, 2.75) is 12.8 Å². The molecule has 4 rings (SSSR count). The first-order chi connectivity index (χ1) is 13.7. The maximum atomic E-state index is 13.7. The lowest BCUT2D eigenvalue weighted by Crippen LogP contribution is -2.10. The maximum absolute atomic E-state index is 13.7. The number of benzene rings is 4. The van der Waals surface area contributed by atoms with Crippen LogP contribution >= 0.6 is 31.9 Å². The summed E-state index contributed by atoms with van der Waals surface area (Å²) in [5, 5.41) is 6.33. The number of hydrogen-bond acceptors (Lipinski definition) is 1. The molecule has 0 atom stereocenters. The second-order valence-corrected chi connectivity index (χ2v) is 8.42. The number of aryl methyl sites for hydroxylation is 2. The van der Waals surface area contributed by atoms with E-state index >= 15 is 0 Å². The molecule has 3 heteroatoms. The van der Waals surface area contributed by atoms with Crippen molar-refractivity contribution >= 4 is 59.2 Å². The molecule has 0 saturated heterocycles. The highest BCUT2D eigenvalue weighted by Crippen LogP contribution is 2.29. The van der Waals surface area contributed by atoms with E-state index in [1.54, 1.807) is 0 Å². The Morgan fingerprint density at radius 3 is 1.46 bits per heavy atom. The normalized spacial score (nSPS) is 11.2. The molecule has 0 bridgehead atoms. The summed E-state index contributed by atoms with van der Waals surface area (Å²) in [7, 11) is 0. The lowest BCUT2D eigenvalue weighted by atomic mass is 9.88. The summed E-state index contributed by atoms with van der Waals surface area (Å²) < 4.78 is 0. The van der Waals surface area contributed by atoms with Crippen LogP contribution in [0.4, 0.5) is 0 Å². The molecule has 0 amide bonds. The van der Waals surface area contributed by atoms with Gasteiger partial charge < -0.3 is 0 Å². The topological polar surface area (TPSA) is 17.1 Å². The Bertz CT molecular complexity index is 1070. The Labute approximate surface area is 182 Å². The maximum Gasteiger partial charge on any atom is 0.193 e. The molecule has 0 radical (unpaired) electrons. The number of halogens is 2. The summed E-state index contributed by atoms with van der Waals surface area (Å²) in [4.78, 5) is 13.7. The fourth-order valence-electron chi connectivity index (χ4n) is 3.97. The highest BCUT2D eigenvalue weighted by Gasteiger charge is 2.19. The van der Waals surface area contributed by atoms with Crippen molar-refractivity contribution in [2.75, 3.05) is 10.7 Å². The quantitative estimate of drug-likeness (QED) is 0.206. The van der Waals surface area contributed by atoms with Gasteiger partial charge in [0.15, 0.2) is 5.78 Å². The molecule has 140 valence electrons. The molecule has 0 saturated carbocycles. The third kappa shape index (κ3) is 3.54. The fraction of sp³-hybridized carbons (Fsp3) is 0.160. The van der Waals surface area contributed by atoms with Gasteiger partial charge in [0, 0.05) is 21.8 Å². The number of fused-ring (bicyclic) bond motifs is 2. The Morgan fingerprint density at radius 2 is 1.04 bits per heavy atom. The van der Waals surface area contributed by atoms with Crippen LogP contribution in [0.2, 0.25) is 0 Å². The third-order valence-electron chi connectivity index (χ3n) is 5.26. The average molecular weight is 496 g/mol. The lowest BCUT2D eigenvalue weighted by molar-refractivity contribution is 0.103. The van der Waals surface area contributed by atoms with Gasteiger partial charge >= 0.3 is 0 Å². The van der Waals surface area contributed by atoms with E-state index in [-0.39, 0.29) is 5.78 Å². The zero-order chi connectivity index (χ0) is 19.5. The van der Waals surface area contributed by atoms with Gasteiger partial charge in [-0.2, -0.15) is 0 Å². The first-order valence-electron chi connectivity index (χ1n) is 9.42. The van der Waals surface area contributed by atoms with Crippen molar-refractivity contribution in [3.05, 3.63) is 95.1 Å². The Hall–Kier alpha value is -1.97. The summed E-state index contributed by atoms with van der Waals surface area (Å²) in [5.74, 6) is 0.114. The number of hydrogen-bond donors (Lipinski definition) is 0. The third-order valence-corrected chi connectivity index (χ3v) is 6.05. The van der Waals surface area contributed by atoms with Crippen LogP contribution < -0.4 is 0 Å². The average Bonchev–Trinajstić information content (AvgIpc) is 2.74. The van der Waals surface area contributed by atoms with Crippen molar-refractivity contribution in [3.8, 4) is 0 Å². The van der Waals surface area contributed by atoms with Crippen LogP contribution in [-0.2, 0) is 12.8 Å². The smallest absolute Gasteiger partial charge is 0.193 e. The molecule has 4 aromatic carbocycles. The Morgan fingerprint density at radius 1 is 0.607 bits per heavy atom. The number of rotatable bonds is 6. The van der Waals surface area contributed by atoms with E-state index in [9.17, 15) is 4.79 Å². The minimum atomic E-state index is 0.114. The summed E-state index contributed by atoms with van der Waals surface area (Å²) in [5.41, 5.74) is 3.87. The van der Waals surface area contributed by atoms with Gasteiger partial charge in [0.2, 0.25) is 0 Å². The van der Waals surface area contributed by atoms with E-state index < -0.39 is 0 Å². The van der Waals surface area contributed by atoms with Crippen LogP contribution in [0.5, 0.6) is 0 Å². The van der Waals surface area contributed by atoms with Crippen molar-refractivity contribution in [1.82, 2.24) is 0 Å². The highest BCUT2D eigenvalue weighted by atomic mass is 79.9. The molecular weight excluding hydrogens is 476 g/mol. The molecule has 4 aromatic rings. The zero-order valence-corrected chi connectivity index (χ0v) is 18.6. The number of carbonyl (C=O) groups is 1. The monoisotopic (exact) mass is 494 g/mol. The molecule has 0 aliphatic rings. The highest BCUT2D eigenvalue weighted by molar-refractivity contribution is 9.09. The Balaban J connectivity index is 1.93. The summed E-state index contributed by atoms with van der Waals surface area (Å²) in [6.07, 6.45) is 1.65. The first kappa shape index (κ1) is 19.4. The van der Waals surface area contributed by atoms with E-state index in [1.807, 2.05) is 36.4 Å². The van der Waals surface area contributed by atoms with Crippen LogP contribution in [-0.4, -0.2) is 16.4 Å². The molecule has 0 heterocycles. The zero-order valence-electron chi connectivity index (χ0n) is 15.4. The van der Waals surface area contributed by atoms with E-state index in [4.69, 9.17) is 0 Å². The predicted octanol–water partition coefficient (Wildman–Crippen LogP) is 7.10. The van der Waals surface area contributed by atoms with E-state index in [2.05, 4.69) is 68.3 Å². The van der Waals surface area contributed by atoms with Gasteiger partial charge in [0.05, 0.1) is 0 Å². The van der Waals surface area contributed by atoms with Crippen LogP contribution in [0.3, 0.4) is 0 Å². The van der Waals surface area contributed by atoms with Crippen LogP contribution in [0.15, 0.2) is 72.8 Å². The summed E-state index contributed by atoms with van der Waals surface area (Å²) in [6.45, 7) is 0. The van der Waals surface area contributed by atoms with E-state index in [0.29, 0.717) is 0 Å². The minimum absolute atomic E-state index is 0.114. The molecule has 0 aromatic heterocycles. The second-order valence-electron chi connectivity index (χ2n) is 6.83. The Kier molecular flexibility index (Phi) is 5.93. The van der Waals surface area contributed by atoms with Crippen LogP contribution in [0.1, 0.15) is 27.0 Å². The molecule has 0 aliphatic heterocycles. The van der Waals surface area contributed by atoms with Gasteiger partial charge in [-0.3, -0.25) is 4.79 Å². The molecule has 0 aliphatic carbocycles. The van der Waals surface area contributed by atoms with Gasteiger partial charge in [-0.25, -0.2) is 0 Å². The molecule has 0 N–H and O–H groups in total. The van der Waals surface area contributed by atoms with Gasteiger partial charge in [0.1, 0.15) is 0 Å². The van der Waals surface area contributed by atoms with E-state index in [1.165, 1.54) is 10.8 Å². The van der Waals surface area contributed by atoms with Crippen LogP contribution in [0.25, 0.3) is 21.5 Å². The molecule has 0 spiro atoms. The number of ketones is 1. The molecular formula is C25H20Br2O. The summed E-state index contributed by atoms with van der Waals surface area (Å²) >= 11 is 7.13. The molecule has 28 heavy (non-hydrogen) atoms. The van der Waals surface area contributed by atoms with Crippen LogP contribution in [0, 0.1) is 0 Å². The van der Waals surface area contributed by atoms with Gasteiger partial charge in [-0.05, 0) is 45.5 Å². The standard InChI is InChI=1S/C25H20Br2O/c26-15-13-21-19-7-3-1-5-17(19)9-11-23(21)25(28)24-12-10-18-6-2-4-8-20(18)22(24)14-16-27/h1-12H,13-16H2. The number of carbonyl (C=O) groups excluding carboxylic acids is 1. The van der Waals surface area contributed by atoms with Gasteiger partial charge in [-0.15, -0.1) is 0 Å². The molecule has 0 unspecified atom stereocenters. The lowest BCUT2D eigenvalue weighted by Gasteiger charge is -2.15. The van der Waals surface area contributed by atoms with Gasteiger partial charge in [0.25, 0.3) is 0 Å². The van der Waals surface area contributed by atoms with Crippen molar-refractivity contribution in [3.63, 3.8) is 0 Å². The first-order valence-corrected chi connectivity index (χ1v) is 11.7. The van der Waals surface area contributed by atoms with Gasteiger partial charge in [-0.1, -0.05) is 105 Å². The minimum Gasteiger partial charge on any atom is -0.289 e. The molecule has 1 nitrogen and oxygen atoms in total.